The van der Waals surface area contributed by atoms with Crippen LogP contribution in [0, 0.1) is 12.8 Å². The number of nitrogens with zero attached hydrogens (tertiary/aromatic N) is 3. The molecule has 0 radical (unpaired) electrons. The minimum atomic E-state index is -0.648. The van der Waals surface area contributed by atoms with Crippen LogP contribution in [0.5, 0.6) is 0 Å². The van der Waals surface area contributed by atoms with E-state index in [1.165, 1.54) is 4.90 Å². The second-order valence-electron chi connectivity index (χ2n) is 7.44. The monoisotopic (exact) mass is 399 g/mol. The molecule has 5 rings (SSSR count). The van der Waals surface area contributed by atoms with E-state index in [0.717, 1.165) is 12.0 Å². The third kappa shape index (κ3) is 2.57. The zero-order chi connectivity index (χ0) is 19.4. The maximum atomic E-state index is 13.5. The van der Waals surface area contributed by atoms with Crippen molar-refractivity contribution in [2.75, 3.05) is 4.90 Å². The Hall–Kier alpha value is -2.67. The van der Waals surface area contributed by atoms with Crippen molar-refractivity contribution in [1.82, 2.24) is 10.1 Å². The summed E-state index contributed by atoms with van der Waals surface area (Å²) in [7, 11) is 0. The Balaban J connectivity index is 1.64. The van der Waals surface area contributed by atoms with Gasteiger partial charge in [-0.15, -0.1) is 11.6 Å². The van der Waals surface area contributed by atoms with Gasteiger partial charge in [-0.1, -0.05) is 11.2 Å². The molecule has 2 aromatic heterocycles. The summed E-state index contributed by atoms with van der Waals surface area (Å²) in [6.07, 6.45) is 4.98. The fourth-order valence-electron chi connectivity index (χ4n) is 4.37. The number of alkyl halides is 1. The van der Waals surface area contributed by atoms with E-state index in [0.29, 0.717) is 30.0 Å². The van der Waals surface area contributed by atoms with Gasteiger partial charge in [0.1, 0.15) is 11.9 Å². The molecule has 1 amide bonds. The summed E-state index contributed by atoms with van der Waals surface area (Å²) in [5, 5.41) is 3.95. The number of Topliss-reactive ketones (excluding diaryl/α,β-unsaturated/α-hetero) is 1. The van der Waals surface area contributed by atoms with Crippen LogP contribution in [0.2, 0.25) is 0 Å². The van der Waals surface area contributed by atoms with Crippen LogP contribution in [0.25, 0.3) is 0 Å². The predicted molar refractivity (Wildman–Crippen MR) is 99.6 cm³/mol. The molecule has 0 spiro atoms. The average Bonchev–Trinajstić information content (AvgIpc) is 3.24. The number of aryl methyl sites for hydroxylation is 1. The Morgan fingerprint density at radius 3 is 2.86 bits per heavy atom. The van der Waals surface area contributed by atoms with Crippen molar-refractivity contribution in [3.05, 3.63) is 53.2 Å². The SMILES string of the molecule is Cc1cc(N2C(=O)C3=C(C(=O)C4CC(Cl)CCC4O3)C2c2cccnc2)no1. The molecule has 4 heterocycles. The van der Waals surface area contributed by atoms with E-state index in [1.54, 1.807) is 31.5 Å². The highest BCUT2D eigenvalue weighted by molar-refractivity contribution is 6.21. The second-order valence-corrected chi connectivity index (χ2v) is 8.06. The first kappa shape index (κ1) is 17.4. The van der Waals surface area contributed by atoms with E-state index in [2.05, 4.69) is 10.1 Å². The number of ketones is 1. The molecule has 4 atom stereocenters. The maximum absolute atomic E-state index is 13.5. The first-order valence-electron chi connectivity index (χ1n) is 9.30. The van der Waals surface area contributed by atoms with E-state index in [9.17, 15) is 9.59 Å². The van der Waals surface area contributed by atoms with Crippen LogP contribution in [0.15, 0.2) is 46.4 Å². The molecule has 8 heteroatoms. The number of rotatable bonds is 2. The molecular formula is C20H18ClN3O4. The van der Waals surface area contributed by atoms with Crippen molar-refractivity contribution in [2.45, 2.75) is 43.7 Å². The molecule has 3 aliphatic rings. The Labute approximate surface area is 166 Å². The lowest BCUT2D eigenvalue weighted by molar-refractivity contribution is -0.131. The Bertz CT molecular complexity index is 986. The topological polar surface area (TPSA) is 85.5 Å². The predicted octanol–water partition coefficient (Wildman–Crippen LogP) is 3.10. The number of anilines is 1. The maximum Gasteiger partial charge on any atom is 0.295 e. The number of carbonyl (C=O) groups excluding carboxylic acids is 2. The Morgan fingerprint density at radius 1 is 1.29 bits per heavy atom. The molecule has 0 saturated heterocycles. The summed E-state index contributed by atoms with van der Waals surface area (Å²) in [4.78, 5) is 32.4. The van der Waals surface area contributed by atoms with Gasteiger partial charge in [0.05, 0.1) is 17.5 Å². The van der Waals surface area contributed by atoms with Crippen LogP contribution in [0.3, 0.4) is 0 Å². The van der Waals surface area contributed by atoms with Gasteiger partial charge in [0, 0.05) is 23.8 Å². The van der Waals surface area contributed by atoms with Gasteiger partial charge in [0.15, 0.2) is 17.4 Å². The molecule has 1 fully saturated rings. The summed E-state index contributed by atoms with van der Waals surface area (Å²) in [5.41, 5.74) is 1.08. The zero-order valence-corrected chi connectivity index (χ0v) is 15.9. The molecule has 7 nitrogen and oxygen atoms in total. The fraction of sp³-hybridized carbons (Fsp3) is 0.400. The van der Waals surface area contributed by atoms with Gasteiger partial charge < -0.3 is 9.26 Å². The number of fused-ring (bicyclic) bond motifs is 1. The smallest absolute Gasteiger partial charge is 0.295 e. The quantitative estimate of drug-likeness (QED) is 0.721. The molecule has 1 aliphatic carbocycles. The van der Waals surface area contributed by atoms with Gasteiger partial charge >= 0.3 is 0 Å². The molecule has 0 bridgehead atoms. The van der Waals surface area contributed by atoms with Crippen molar-refractivity contribution in [1.29, 1.82) is 0 Å². The summed E-state index contributed by atoms with van der Waals surface area (Å²) in [6, 6.07) is 4.64. The number of carbonyl (C=O) groups is 2. The highest BCUT2D eigenvalue weighted by Gasteiger charge is 2.53. The van der Waals surface area contributed by atoms with E-state index < -0.39 is 6.04 Å². The summed E-state index contributed by atoms with van der Waals surface area (Å²) in [5.74, 6) is 0.261. The van der Waals surface area contributed by atoms with Crippen LogP contribution < -0.4 is 4.90 Å². The van der Waals surface area contributed by atoms with Gasteiger partial charge in [-0.05, 0) is 37.8 Å². The number of hydrogen-bond acceptors (Lipinski definition) is 6. The first-order valence-corrected chi connectivity index (χ1v) is 9.74. The Morgan fingerprint density at radius 2 is 2.14 bits per heavy atom. The van der Waals surface area contributed by atoms with E-state index >= 15 is 0 Å². The molecule has 144 valence electrons. The normalized spacial score (nSPS) is 29.6. The van der Waals surface area contributed by atoms with Gasteiger partial charge in [-0.3, -0.25) is 19.5 Å². The number of halogens is 1. The lowest BCUT2D eigenvalue weighted by Crippen LogP contribution is -2.41. The first-order chi connectivity index (χ1) is 13.5. The van der Waals surface area contributed by atoms with Crippen LogP contribution >= 0.6 is 11.6 Å². The summed E-state index contributed by atoms with van der Waals surface area (Å²) < 4.78 is 11.3. The van der Waals surface area contributed by atoms with Crippen LogP contribution in [-0.4, -0.2) is 33.3 Å². The van der Waals surface area contributed by atoms with Crippen molar-refractivity contribution in [3.8, 4) is 0 Å². The molecule has 4 unspecified atom stereocenters. The molecule has 2 aromatic rings. The zero-order valence-electron chi connectivity index (χ0n) is 15.2. The van der Waals surface area contributed by atoms with Crippen molar-refractivity contribution >= 4 is 29.1 Å². The fourth-order valence-corrected chi connectivity index (χ4v) is 4.69. The third-order valence-electron chi connectivity index (χ3n) is 5.65. The summed E-state index contributed by atoms with van der Waals surface area (Å²) in [6.45, 7) is 1.75. The van der Waals surface area contributed by atoms with Crippen LogP contribution in [0.1, 0.15) is 36.6 Å². The van der Waals surface area contributed by atoms with E-state index in [4.69, 9.17) is 20.9 Å². The minimum absolute atomic E-state index is 0.0563. The van der Waals surface area contributed by atoms with Crippen LogP contribution in [-0.2, 0) is 14.3 Å². The lowest BCUT2D eigenvalue weighted by Gasteiger charge is -2.37. The molecular weight excluding hydrogens is 382 g/mol. The highest BCUT2D eigenvalue weighted by atomic mass is 35.5. The van der Waals surface area contributed by atoms with Gasteiger partial charge in [0.25, 0.3) is 5.91 Å². The highest BCUT2D eigenvalue weighted by Crippen LogP contribution is 2.48. The van der Waals surface area contributed by atoms with Crippen molar-refractivity contribution in [3.63, 3.8) is 0 Å². The second kappa shape index (κ2) is 6.44. The number of ether oxygens (including phenoxy) is 1. The Kier molecular flexibility index (Phi) is 4.01. The van der Waals surface area contributed by atoms with Gasteiger partial charge in [0.2, 0.25) is 0 Å². The molecule has 28 heavy (non-hydrogen) atoms. The largest absolute Gasteiger partial charge is 0.483 e. The minimum Gasteiger partial charge on any atom is -0.483 e. The molecule has 0 N–H and O–H groups in total. The van der Waals surface area contributed by atoms with E-state index in [1.807, 2.05) is 6.07 Å². The average molecular weight is 400 g/mol. The van der Waals surface area contributed by atoms with Crippen molar-refractivity contribution in [2.24, 2.45) is 5.92 Å². The summed E-state index contributed by atoms with van der Waals surface area (Å²) >= 11 is 6.32. The number of pyridine rings is 1. The molecule has 2 aliphatic heterocycles. The van der Waals surface area contributed by atoms with Gasteiger partial charge in [-0.25, -0.2) is 0 Å². The number of aromatic nitrogens is 2. The van der Waals surface area contributed by atoms with E-state index in [-0.39, 0.29) is 34.8 Å². The standard InChI is InChI=1S/C20H18ClN3O4/c1-10-7-15(23-28-10)24-17(11-3-2-6-22-9-11)16-18(25)13-8-12(21)4-5-14(13)27-19(16)20(24)26/h2-3,6-7,9,12-14,17H,4-5,8H2,1H3. The van der Waals surface area contributed by atoms with Crippen molar-refractivity contribution < 1.29 is 18.8 Å². The van der Waals surface area contributed by atoms with Gasteiger partial charge in [-0.2, -0.15) is 0 Å². The third-order valence-corrected chi connectivity index (χ3v) is 6.04. The number of amides is 1. The molecule has 1 saturated carbocycles. The lowest BCUT2D eigenvalue weighted by atomic mass is 9.77. The van der Waals surface area contributed by atoms with Crippen LogP contribution in [0.4, 0.5) is 5.82 Å². The molecule has 0 aromatic carbocycles. The number of hydrogen-bond donors (Lipinski definition) is 0.